The number of nitrogens with zero attached hydrogens (tertiary/aromatic N) is 1. The van der Waals surface area contributed by atoms with Gasteiger partial charge in [-0.1, -0.05) is 37.2 Å². The molecule has 0 aliphatic heterocycles. The summed E-state index contributed by atoms with van der Waals surface area (Å²) in [6.07, 6.45) is 6.92. The molecule has 0 heterocycles. The highest BCUT2D eigenvalue weighted by Gasteiger charge is 2.14. The van der Waals surface area contributed by atoms with E-state index in [1.807, 2.05) is 6.07 Å². The van der Waals surface area contributed by atoms with Crippen molar-refractivity contribution in [3.05, 3.63) is 35.9 Å². The molecule has 0 atom stereocenters. The number of benzene rings is 1. The monoisotopic (exact) mass is 209 g/mol. The average Bonchev–Trinajstić information content (AvgIpc) is 2.17. The van der Waals surface area contributed by atoms with Gasteiger partial charge in [-0.15, -0.1) is 0 Å². The zero-order valence-electron chi connectivity index (χ0n) is 9.66. The van der Waals surface area contributed by atoms with Crippen LogP contribution in [-0.4, -0.2) is 25.3 Å². The maximum Gasteiger partial charge on any atom is 0.182 e. The topological polar surface area (TPSA) is 12.4 Å². The van der Waals surface area contributed by atoms with Gasteiger partial charge in [-0.05, 0) is 24.3 Å². The summed E-state index contributed by atoms with van der Waals surface area (Å²) in [5.74, 6) is 0. The van der Waals surface area contributed by atoms with Crippen LogP contribution in [0.4, 0.5) is 0 Å². The van der Waals surface area contributed by atoms with Crippen LogP contribution >= 0.6 is 0 Å². The molecular formula is C11H20BNS. The van der Waals surface area contributed by atoms with Gasteiger partial charge in [0.05, 0.1) is 6.54 Å². The van der Waals surface area contributed by atoms with E-state index >= 15 is 0 Å². The van der Waals surface area contributed by atoms with E-state index in [0.717, 1.165) is 6.54 Å². The lowest BCUT2D eigenvalue weighted by atomic mass is 10.2. The van der Waals surface area contributed by atoms with Crippen LogP contribution in [0, 0.1) is 0 Å². The molecule has 0 amide bonds. The zero-order chi connectivity index (χ0) is 10.7. The highest BCUT2D eigenvalue weighted by Crippen LogP contribution is 2.17. The highest BCUT2D eigenvalue weighted by atomic mass is 32.3. The molecule has 3 heteroatoms. The van der Waals surface area contributed by atoms with E-state index in [1.54, 1.807) is 0 Å². The molecule has 1 nitrogen and oxygen atoms in total. The fourth-order valence-corrected chi connectivity index (χ4v) is 1.80. The Morgan fingerprint density at radius 3 is 2.21 bits per heavy atom. The molecule has 0 unspecified atom stereocenters. The molecule has 0 radical (unpaired) electrons. The predicted octanol–water partition coefficient (Wildman–Crippen LogP) is 2.35. The van der Waals surface area contributed by atoms with Gasteiger partial charge < -0.3 is 0 Å². The first-order valence-corrected chi connectivity index (χ1v) is 8.38. The minimum absolute atomic E-state index is 0.861. The molecular weight excluding hydrogens is 189 g/mol. The lowest BCUT2D eigenvalue weighted by molar-refractivity contribution is 1.09. The Labute approximate surface area is 88.1 Å². The van der Waals surface area contributed by atoms with Gasteiger partial charge >= 0.3 is 0 Å². The second-order valence-electron chi connectivity index (χ2n) is 4.83. The smallest absolute Gasteiger partial charge is 0.182 e. The van der Waals surface area contributed by atoms with Gasteiger partial charge in [-0.25, -0.2) is 8.81 Å². The highest BCUT2D eigenvalue weighted by molar-refractivity contribution is 8.39. The van der Waals surface area contributed by atoms with Gasteiger partial charge in [0, 0.05) is 0 Å². The third-order valence-corrected chi connectivity index (χ3v) is 5.64. The average molecular weight is 209 g/mol. The fourth-order valence-electron chi connectivity index (χ4n) is 0.989. The molecule has 1 aromatic carbocycles. The first-order valence-electron chi connectivity index (χ1n) is 4.98. The van der Waals surface area contributed by atoms with Crippen molar-refractivity contribution in [3.63, 3.8) is 0 Å². The number of rotatable bonds is 3. The van der Waals surface area contributed by atoms with Crippen molar-refractivity contribution in [2.75, 3.05) is 18.8 Å². The van der Waals surface area contributed by atoms with Crippen molar-refractivity contribution >= 4 is 15.4 Å². The van der Waals surface area contributed by atoms with Crippen molar-refractivity contribution in [1.29, 1.82) is 0 Å². The Bertz CT molecular complexity index is 353. The maximum atomic E-state index is 4.89. The summed E-state index contributed by atoms with van der Waals surface area (Å²) in [6.45, 7) is 4.26. The van der Waals surface area contributed by atoms with E-state index in [0.29, 0.717) is 0 Å². The van der Waals surface area contributed by atoms with E-state index in [1.165, 1.54) is 12.1 Å². The maximum absolute atomic E-state index is 4.89. The summed E-state index contributed by atoms with van der Waals surface area (Å²) in [6, 6.07) is 10.5. The molecule has 0 aliphatic rings. The molecule has 1 rings (SSSR count). The van der Waals surface area contributed by atoms with Crippen molar-refractivity contribution in [2.24, 2.45) is 4.36 Å². The largest absolute Gasteiger partial charge is 0.287 e. The van der Waals surface area contributed by atoms with Crippen molar-refractivity contribution in [2.45, 2.75) is 13.4 Å². The Kier molecular flexibility index (Phi) is 3.20. The Hall–Kier alpha value is -0.565. The van der Waals surface area contributed by atoms with Crippen molar-refractivity contribution in [3.8, 4) is 0 Å². The number of hydrogen-bond acceptors (Lipinski definition) is 1. The van der Waals surface area contributed by atoms with Crippen LogP contribution in [-0.2, 0) is 15.4 Å². The third kappa shape index (κ3) is 3.66. The Balaban J connectivity index is 2.83. The predicted molar refractivity (Wildman–Crippen MR) is 70.7 cm³/mol. The lowest BCUT2D eigenvalue weighted by Crippen LogP contribution is -2.32. The minimum atomic E-state index is -1.46. The summed E-state index contributed by atoms with van der Waals surface area (Å²) in [5.41, 5.74) is 1.31. The molecule has 78 valence electrons. The quantitative estimate of drug-likeness (QED) is 0.677. The van der Waals surface area contributed by atoms with E-state index < -0.39 is 8.81 Å². The molecule has 0 saturated heterocycles. The van der Waals surface area contributed by atoms with Crippen LogP contribution in [0.25, 0.3) is 0 Å². The van der Waals surface area contributed by atoms with Gasteiger partial charge in [0.15, 0.2) is 6.56 Å². The molecule has 14 heavy (non-hydrogen) atoms. The summed E-state index contributed by atoms with van der Waals surface area (Å²) >= 11 is 0. The minimum Gasteiger partial charge on any atom is -0.287 e. The van der Waals surface area contributed by atoms with E-state index in [2.05, 4.69) is 49.9 Å². The van der Waals surface area contributed by atoms with Gasteiger partial charge in [-0.2, -0.15) is 0 Å². The lowest BCUT2D eigenvalue weighted by Gasteiger charge is -2.34. The van der Waals surface area contributed by atoms with E-state index in [-0.39, 0.29) is 0 Å². The molecule has 0 aromatic heterocycles. The van der Waals surface area contributed by atoms with Gasteiger partial charge in [0.2, 0.25) is 0 Å². The summed E-state index contributed by atoms with van der Waals surface area (Å²) in [5, 5.41) is 0. The molecule has 0 saturated carbocycles. The van der Waals surface area contributed by atoms with Crippen LogP contribution in [0.3, 0.4) is 0 Å². The summed E-state index contributed by atoms with van der Waals surface area (Å²) in [4.78, 5) is 0. The normalized spacial score (nSPS) is 14.1. The third-order valence-electron chi connectivity index (χ3n) is 2.56. The molecule has 0 bridgehead atoms. The molecule has 0 fully saturated rings. The SMILES string of the molecule is CBS(C)(C)(C)=NCc1ccccc1. The zero-order valence-corrected chi connectivity index (χ0v) is 10.5. The van der Waals surface area contributed by atoms with E-state index in [9.17, 15) is 0 Å². The standard InChI is InChI=1S/C11H20BNS/c1-12-14(2,3,4)13-10-11-8-6-5-7-9-11/h5-9,12H,10H2,1-4H3. The molecule has 0 spiro atoms. The second kappa shape index (κ2) is 3.89. The van der Waals surface area contributed by atoms with Gasteiger partial charge in [-0.3, -0.25) is 4.36 Å². The first kappa shape index (κ1) is 11.5. The molecule has 0 aliphatic carbocycles. The van der Waals surface area contributed by atoms with Crippen LogP contribution in [0.2, 0.25) is 6.82 Å². The Morgan fingerprint density at radius 1 is 1.14 bits per heavy atom. The van der Waals surface area contributed by atoms with Crippen molar-refractivity contribution < 1.29 is 0 Å². The van der Waals surface area contributed by atoms with E-state index in [4.69, 9.17) is 4.36 Å². The molecule has 0 N–H and O–H groups in total. The second-order valence-corrected chi connectivity index (χ2v) is 11.2. The van der Waals surface area contributed by atoms with Gasteiger partial charge in [0.25, 0.3) is 0 Å². The van der Waals surface area contributed by atoms with Crippen LogP contribution in [0.15, 0.2) is 34.7 Å². The fraction of sp³-hybridized carbons (Fsp3) is 0.455. The Morgan fingerprint density at radius 2 is 1.71 bits per heavy atom. The van der Waals surface area contributed by atoms with Crippen molar-refractivity contribution in [1.82, 2.24) is 0 Å². The van der Waals surface area contributed by atoms with Crippen LogP contribution in [0.1, 0.15) is 5.56 Å². The van der Waals surface area contributed by atoms with Gasteiger partial charge in [0.1, 0.15) is 0 Å². The first-order chi connectivity index (χ1) is 6.41. The summed E-state index contributed by atoms with van der Waals surface area (Å²) in [7, 11) is -1.46. The molecule has 1 aromatic rings. The van der Waals surface area contributed by atoms with Crippen LogP contribution in [0.5, 0.6) is 0 Å². The van der Waals surface area contributed by atoms with Crippen LogP contribution < -0.4 is 0 Å². The number of hydrogen-bond donors (Lipinski definition) is 0. The summed E-state index contributed by atoms with van der Waals surface area (Å²) < 4.78 is 4.89.